The summed E-state index contributed by atoms with van der Waals surface area (Å²) >= 11 is 0. The maximum atomic E-state index is 13.6. The molecule has 1 aliphatic heterocycles. The Morgan fingerprint density at radius 2 is 2.00 bits per heavy atom. The second kappa shape index (κ2) is 6.33. The van der Waals surface area contributed by atoms with Crippen LogP contribution in [0.15, 0.2) is 18.2 Å². The minimum Gasteiger partial charge on any atom is -0.478 e. The van der Waals surface area contributed by atoms with Crippen LogP contribution in [0.3, 0.4) is 0 Å². The van der Waals surface area contributed by atoms with Crippen molar-refractivity contribution < 1.29 is 19.1 Å². The molecule has 0 unspecified atom stereocenters. The number of carboxylic acids is 1. The first-order chi connectivity index (χ1) is 9.56. The zero-order chi connectivity index (χ0) is 14.5. The van der Waals surface area contributed by atoms with Crippen molar-refractivity contribution in [2.24, 2.45) is 0 Å². The van der Waals surface area contributed by atoms with Crippen LogP contribution in [0.5, 0.6) is 0 Å². The number of anilines is 1. The van der Waals surface area contributed by atoms with Crippen LogP contribution >= 0.6 is 0 Å². The van der Waals surface area contributed by atoms with Crippen LogP contribution in [0, 0.1) is 5.82 Å². The van der Waals surface area contributed by atoms with Crippen molar-refractivity contribution in [2.75, 3.05) is 18.4 Å². The van der Waals surface area contributed by atoms with E-state index in [1.165, 1.54) is 12.1 Å². The van der Waals surface area contributed by atoms with Gasteiger partial charge in [0.25, 0.3) is 0 Å². The Hall–Kier alpha value is -2.15. The molecule has 1 aromatic rings. The van der Waals surface area contributed by atoms with Crippen LogP contribution in [-0.2, 0) is 0 Å². The highest BCUT2D eigenvalue weighted by atomic mass is 19.1. The van der Waals surface area contributed by atoms with Crippen LogP contribution in [-0.4, -0.2) is 36.2 Å². The molecule has 0 spiro atoms. The lowest BCUT2D eigenvalue weighted by Crippen LogP contribution is -2.44. The molecule has 1 heterocycles. The summed E-state index contributed by atoms with van der Waals surface area (Å²) < 4.78 is 13.6. The van der Waals surface area contributed by atoms with E-state index >= 15 is 0 Å². The summed E-state index contributed by atoms with van der Waals surface area (Å²) in [6.45, 7) is 1.68. The van der Waals surface area contributed by atoms with E-state index in [1.54, 1.807) is 0 Å². The molecule has 2 amide bonds. The lowest BCUT2D eigenvalue weighted by atomic mass is 10.1. The Morgan fingerprint density at radius 1 is 1.30 bits per heavy atom. The fourth-order valence-electron chi connectivity index (χ4n) is 2.06. The molecule has 7 heteroatoms. The van der Waals surface area contributed by atoms with E-state index in [-0.39, 0.29) is 17.3 Å². The van der Waals surface area contributed by atoms with Gasteiger partial charge in [-0.1, -0.05) is 0 Å². The zero-order valence-corrected chi connectivity index (χ0v) is 10.8. The van der Waals surface area contributed by atoms with Crippen LogP contribution in [0.2, 0.25) is 0 Å². The van der Waals surface area contributed by atoms with Gasteiger partial charge in [-0.05, 0) is 44.1 Å². The van der Waals surface area contributed by atoms with Gasteiger partial charge in [0.15, 0.2) is 0 Å². The fraction of sp³-hybridized carbons (Fsp3) is 0.385. The third-order valence-electron chi connectivity index (χ3n) is 3.14. The van der Waals surface area contributed by atoms with E-state index < -0.39 is 17.8 Å². The Labute approximate surface area is 115 Å². The maximum absolute atomic E-state index is 13.6. The van der Waals surface area contributed by atoms with Gasteiger partial charge in [0, 0.05) is 6.04 Å². The smallest absolute Gasteiger partial charge is 0.335 e. The first-order valence-corrected chi connectivity index (χ1v) is 6.37. The van der Waals surface area contributed by atoms with Gasteiger partial charge in [0.1, 0.15) is 5.82 Å². The number of carboxylic acid groups (broad SMARTS) is 1. The Balaban J connectivity index is 1.95. The number of urea groups is 1. The number of amides is 2. The van der Waals surface area contributed by atoms with Crippen molar-refractivity contribution in [3.8, 4) is 0 Å². The highest BCUT2D eigenvalue weighted by Crippen LogP contribution is 2.16. The van der Waals surface area contributed by atoms with Crippen molar-refractivity contribution in [2.45, 2.75) is 18.9 Å². The minimum atomic E-state index is -1.21. The normalized spacial score (nSPS) is 15.7. The molecule has 108 valence electrons. The summed E-state index contributed by atoms with van der Waals surface area (Å²) in [5.41, 5.74) is -0.201. The molecule has 2 rings (SSSR count). The van der Waals surface area contributed by atoms with E-state index in [4.69, 9.17) is 5.11 Å². The number of piperidine rings is 1. The van der Waals surface area contributed by atoms with E-state index in [2.05, 4.69) is 16.0 Å². The van der Waals surface area contributed by atoms with Gasteiger partial charge in [0.05, 0.1) is 11.3 Å². The van der Waals surface area contributed by atoms with Gasteiger partial charge in [-0.25, -0.2) is 14.0 Å². The van der Waals surface area contributed by atoms with Crippen molar-refractivity contribution in [3.05, 3.63) is 29.6 Å². The lowest BCUT2D eigenvalue weighted by Gasteiger charge is -2.23. The van der Waals surface area contributed by atoms with Crippen LogP contribution in [0.4, 0.5) is 14.9 Å². The van der Waals surface area contributed by atoms with Gasteiger partial charge in [-0.15, -0.1) is 0 Å². The van der Waals surface area contributed by atoms with E-state index in [1.807, 2.05) is 0 Å². The molecule has 20 heavy (non-hydrogen) atoms. The first-order valence-electron chi connectivity index (χ1n) is 6.37. The number of hydrogen-bond acceptors (Lipinski definition) is 3. The van der Waals surface area contributed by atoms with E-state index in [0.29, 0.717) is 0 Å². The van der Waals surface area contributed by atoms with Crippen LogP contribution < -0.4 is 16.0 Å². The molecule has 6 nitrogen and oxygen atoms in total. The van der Waals surface area contributed by atoms with Crippen molar-refractivity contribution in [1.29, 1.82) is 0 Å². The number of halogens is 1. The zero-order valence-electron chi connectivity index (χ0n) is 10.8. The van der Waals surface area contributed by atoms with Gasteiger partial charge < -0.3 is 21.1 Å². The SMILES string of the molecule is O=C(Nc1ccc(C(=O)O)cc1F)NC1CCNCC1. The Bertz CT molecular complexity index is 516. The van der Waals surface area contributed by atoms with Crippen LogP contribution in [0.1, 0.15) is 23.2 Å². The van der Waals surface area contributed by atoms with E-state index in [0.717, 1.165) is 32.0 Å². The van der Waals surface area contributed by atoms with Gasteiger partial charge in [0.2, 0.25) is 0 Å². The molecule has 0 aliphatic carbocycles. The fourth-order valence-corrected chi connectivity index (χ4v) is 2.06. The highest BCUT2D eigenvalue weighted by molar-refractivity contribution is 5.91. The predicted octanol–water partition coefficient (Wildman–Crippen LogP) is 1.40. The molecule has 0 aromatic heterocycles. The number of carbonyl (C=O) groups is 2. The number of carbonyl (C=O) groups excluding carboxylic acids is 1. The van der Waals surface area contributed by atoms with Gasteiger partial charge in [-0.3, -0.25) is 0 Å². The average molecular weight is 281 g/mol. The molecule has 1 saturated heterocycles. The van der Waals surface area contributed by atoms with Crippen LogP contribution in [0.25, 0.3) is 0 Å². The quantitative estimate of drug-likeness (QED) is 0.674. The molecule has 0 saturated carbocycles. The average Bonchev–Trinajstić information content (AvgIpc) is 2.42. The summed E-state index contributed by atoms with van der Waals surface area (Å²) in [5.74, 6) is -1.99. The number of hydrogen-bond donors (Lipinski definition) is 4. The first kappa shape index (κ1) is 14.3. The highest BCUT2D eigenvalue weighted by Gasteiger charge is 2.16. The summed E-state index contributed by atoms with van der Waals surface area (Å²) in [4.78, 5) is 22.4. The third kappa shape index (κ3) is 3.67. The molecule has 0 bridgehead atoms. The van der Waals surface area contributed by atoms with Crippen molar-refractivity contribution in [3.63, 3.8) is 0 Å². The summed E-state index contributed by atoms with van der Waals surface area (Å²) in [6.07, 6.45) is 1.65. The monoisotopic (exact) mass is 281 g/mol. The van der Waals surface area contributed by atoms with Gasteiger partial charge in [-0.2, -0.15) is 0 Å². The molecular formula is C13H16FN3O3. The summed E-state index contributed by atoms with van der Waals surface area (Å²) in [6, 6.07) is 2.94. The summed E-state index contributed by atoms with van der Waals surface area (Å²) in [7, 11) is 0. The molecule has 0 radical (unpaired) electrons. The second-order valence-electron chi connectivity index (χ2n) is 4.62. The molecule has 1 fully saturated rings. The predicted molar refractivity (Wildman–Crippen MR) is 71.4 cm³/mol. The van der Waals surface area contributed by atoms with Crippen molar-refractivity contribution in [1.82, 2.24) is 10.6 Å². The second-order valence-corrected chi connectivity index (χ2v) is 4.62. The Kier molecular flexibility index (Phi) is 4.52. The van der Waals surface area contributed by atoms with Crippen molar-refractivity contribution >= 4 is 17.7 Å². The number of aromatic carboxylic acids is 1. The topological polar surface area (TPSA) is 90.5 Å². The maximum Gasteiger partial charge on any atom is 0.335 e. The lowest BCUT2D eigenvalue weighted by molar-refractivity contribution is 0.0696. The van der Waals surface area contributed by atoms with Gasteiger partial charge >= 0.3 is 12.0 Å². The summed E-state index contributed by atoms with van der Waals surface area (Å²) in [5, 5.41) is 17.0. The largest absolute Gasteiger partial charge is 0.478 e. The molecule has 4 N–H and O–H groups in total. The molecule has 0 atom stereocenters. The number of rotatable bonds is 3. The number of benzene rings is 1. The molecular weight excluding hydrogens is 265 g/mol. The molecule has 1 aliphatic rings. The number of nitrogens with one attached hydrogen (secondary N) is 3. The Morgan fingerprint density at radius 3 is 2.60 bits per heavy atom. The third-order valence-corrected chi connectivity index (χ3v) is 3.14. The minimum absolute atomic E-state index is 0.0403. The van der Waals surface area contributed by atoms with E-state index in [9.17, 15) is 14.0 Å². The standard InChI is InChI=1S/C13H16FN3O3/c14-10-7-8(12(18)19)1-2-11(10)17-13(20)16-9-3-5-15-6-4-9/h1-2,7,9,15H,3-6H2,(H,18,19)(H2,16,17,20). The molecule has 1 aromatic carbocycles.